The van der Waals surface area contributed by atoms with Gasteiger partial charge in [-0.25, -0.2) is 0 Å². The average molecular weight is 551 g/mol. The molecule has 0 aliphatic carbocycles. The predicted molar refractivity (Wildman–Crippen MR) is 146 cm³/mol. The van der Waals surface area contributed by atoms with E-state index in [0.717, 1.165) is 11.1 Å². The number of benzene rings is 3. The summed E-state index contributed by atoms with van der Waals surface area (Å²) >= 11 is 25.0. The van der Waals surface area contributed by atoms with E-state index in [1.54, 1.807) is 48.5 Å². The van der Waals surface area contributed by atoms with Crippen LogP contribution in [0.1, 0.15) is 18.1 Å². The molecular formula is C25H18Cl3NO3S2. The van der Waals surface area contributed by atoms with Gasteiger partial charge < -0.3 is 9.47 Å². The van der Waals surface area contributed by atoms with Crippen LogP contribution >= 0.6 is 58.8 Å². The molecule has 0 spiro atoms. The van der Waals surface area contributed by atoms with Crippen LogP contribution in [0.3, 0.4) is 0 Å². The lowest BCUT2D eigenvalue weighted by atomic mass is 10.1. The Morgan fingerprint density at radius 2 is 1.76 bits per heavy atom. The van der Waals surface area contributed by atoms with E-state index in [9.17, 15) is 4.79 Å². The van der Waals surface area contributed by atoms with Crippen molar-refractivity contribution in [2.24, 2.45) is 0 Å². The normalized spacial score (nSPS) is 14.7. The third-order valence-electron chi connectivity index (χ3n) is 4.82. The second-order valence-corrected chi connectivity index (χ2v) is 10.1. The molecule has 0 aromatic heterocycles. The maximum atomic E-state index is 13.1. The fourth-order valence-electron chi connectivity index (χ4n) is 3.25. The number of amides is 1. The van der Waals surface area contributed by atoms with E-state index in [-0.39, 0.29) is 12.5 Å². The van der Waals surface area contributed by atoms with Gasteiger partial charge in [0, 0.05) is 20.6 Å². The quantitative estimate of drug-likeness (QED) is 0.220. The molecule has 0 unspecified atom stereocenters. The summed E-state index contributed by atoms with van der Waals surface area (Å²) in [7, 11) is 0. The number of carbonyl (C=O) groups excluding carboxylic acids is 1. The molecule has 3 aromatic rings. The van der Waals surface area contributed by atoms with Crippen molar-refractivity contribution >= 4 is 80.8 Å². The molecule has 34 heavy (non-hydrogen) atoms. The Morgan fingerprint density at radius 3 is 2.50 bits per heavy atom. The van der Waals surface area contributed by atoms with Crippen LogP contribution in [-0.4, -0.2) is 16.8 Å². The first-order valence-corrected chi connectivity index (χ1v) is 12.6. The molecule has 3 aromatic carbocycles. The number of halogens is 3. The summed E-state index contributed by atoms with van der Waals surface area (Å²) in [5.74, 6) is 0.927. The highest BCUT2D eigenvalue weighted by Crippen LogP contribution is 2.38. The molecule has 0 N–H and O–H groups in total. The minimum Gasteiger partial charge on any atom is -0.490 e. The van der Waals surface area contributed by atoms with Crippen molar-refractivity contribution < 1.29 is 14.3 Å². The Morgan fingerprint density at radius 1 is 0.971 bits per heavy atom. The van der Waals surface area contributed by atoms with Crippen LogP contribution in [0.5, 0.6) is 11.5 Å². The first-order chi connectivity index (χ1) is 16.4. The highest BCUT2D eigenvalue weighted by Gasteiger charge is 2.33. The third kappa shape index (κ3) is 5.70. The smallest absolute Gasteiger partial charge is 0.270 e. The Balaban J connectivity index is 1.56. The Kier molecular flexibility index (Phi) is 8.06. The van der Waals surface area contributed by atoms with E-state index < -0.39 is 0 Å². The summed E-state index contributed by atoms with van der Waals surface area (Å²) in [6, 6.07) is 17.8. The fraction of sp³-hybridized carbons (Fsp3) is 0.120. The predicted octanol–water partition coefficient (Wildman–Crippen LogP) is 8.03. The summed E-state index contributed by atoms with van der Waals surface area (Å²) in [5, 5.41) is 1.63. The minimum absolute atomic E-state index is 0.201. The molecule has 9 heteroatoms. The molecule has 0 saturated carbocycles. The lowest BCUT2D eigenvalue weighted by Gasteiger charge is -2.14. The van der Waals surface area contributed by atoms with E-state index in [4.69, 9.17) is 56.5 Å². The van der Waals surface area contributed by atoms with Gasteiger partial charge in [0.25, 0.3) is 5.91 Å². The fourth-order valence-corrected chi connectivity index (χ4v) is 5.20. The summed E-state index contributed by atoms with van der Waals surface area (Å²) in [6.07, 6.45) is 1.78. The third-order valence-corrected chi connectivity index (χ3v) is 6.95. The number of ether oxygens (including phenoxy) is 2. The second kappa shape index (κ2) is 11.0. The number of thioether (sulfide) groups is 1. The molecule has 0 radical (unpaired) electrons. The molecule has 1 heterocycles. The number of rotatable bonds is 7. The van der Waals surface area contributed by atoms with Crippen LogP contribution in [0.25, 0.3) is 6.08 Å². The number of hydrogen-bond donors (Lipinski definition) is 0. The van der Waals surface area contributed by atoms with Crippen LogP contribution in [0.2, 0.25) is 15.1 Å². The lowest BCUT2D eigenvalue weighted by molar-refractivity contribution is -0.113. The van der Waals surface area contributed by atoms with E-state index in [1.807, 2.05) is 25.1 Å². The standard InChI is InChI=1S/C25H18Cl3NO3S2/c1-2-31-22-10-15(6-9-21(22)32-14-16-7-8-18(27)13-20(16)28)11-23-24(30)29(25(33)34-23)19-5-3-4-17(26)12-19/h3-13H,2,14H2,1H3/b23-11-. The van der Waals surface area contributed by atoms with Gasteiger partial charge in [0.15, 0.2) is 15.8 Å². The van der Waals surface area contributed by atoms with Crippen LogP contribution in [0, 0.1) is 0 Å². The van der Waals surface area contributed by atoms with E-state index in [0.29, 0.717) is 48.1 Å². The number of hydrogen-bond acceptors (Lipinski definition) is 5. The van der Waals surface area contributed by atoms with Crippen molar-refractivity contribution in [2.45, 2.75) is 13.5 Å². The Labute approximate surface area is 222 Å². The van der Waals surface area contributed by atoms with Crippen molar-refractivity contribution in [1.82, 2.24) is 0 Å². The van der Waals surface area contributed by atoms with Gasteiger partial charge in [-0.05, 0) is 61.0 Å². The summed E-state index contributed by atoms with van der Waals surface area (Å²) in [4.78, 5) is 15.0. The maximum Gasteiger partial charge on any atom is 0.270 e. The molecule has 4 nitrogen and oxygen atoms in total. The van der Waals surface area contributed by atoms with Gasteiger partial charge in [-0.1, -0.05) is 77.0 Å². The molecule has 1 aliphatic rings. The highest BCUT2D eigenvalue weighted by atomic mass is 35.5. The summed E-state index contributed by atoms with van der Waals surface area (Å²) in [6.45, 7) is 2.61. The molecule has 0 bridgehead atoms. The Hall–Kier alpha value is -2.22. The number of thiocarbonyl (C=S) groups is 1. The van der Waals surface area contributed by atoms with Gasteiger partial charge >= 0.3 is 0 Å². The van der Waals surface area contributed by atoms with Crippen molar-refractivity contribution in [1.29, 1.82) is 0 Å². The van der Waals surface area contributed by atoms with Gasteiger partial charge in [0.1, 0.15) is 6.61 Å². The molecule has 1 amide bonds. The molecule has 174 valence electrons. The van der Waals surface area contributed by atoms with Gasteiger partial charge in [-0.15, -0.1) is 0 Å². The molecular weight excluding hydrogens is 533 g/mol. The summed E-state index contributed by atoms with van der Waals surface area (Å²) in [5.41, 5.74) is 2.23. The zero-order valence-electron chi connectivity index (χ0n) is 17.9. The van der Waals surface area contributed by atoms with Crippen molar-refractivity contribution in [2.75, 3.05) is 11.5 Å². The summed E-state index contributed by atoms with van der Waals surface area (Å²) < 4.78 is 12.2. The lowest BCUT2D eigenvalue weighted by Crippen LogP contribution is -2.27. The monoisotopic (exact) mass is 549 g/mol. The van der Waals surface area contributed by atoms with Gasteiger partial charge in [0.2, 0.25) is 0 Å². The van der Waals surface area contributed by atoms with Crippen LogP contribution < -0.4 is 14.4 Å². The Bertz CT molecular complexity index is 1300. The highest BCUT2D eigenvalue weighted by molar-refractivity contribution is 8.27. The molecule has 1 aliphatic heterocycles. The van der Waals surface area contributed by atoms with Crippen LogP contribution in [0.15, 0.2) is 65.6 Å². The minimum atomic E-state index is -0.201. The average Bonchev–Trinajstić information content (AvgIpc) is 3.07. The van der Waals surface area contributed by atoms with Crippen molar-refractivity contribution in [3.8, 4) is 11.5 Å². The largest absolute Gasteiger partial charge is 0.490 e. The SMILES string of the molecule is CCOc1cc(/C=C2\SC(=S)N(c3cccc(Cl)c3)C2=O)ccc1OCc1ccc(Cl)cc1Cl. The number of carbonyl (C=O) groups is 1. The van der Waals surface area contributed by atoms with Crippen LogP contribution in [-0.2, 0) is 11.4 Å². The van der Waals surface area contributed by atoms with E-state index in [1.165, 1.54) is 16.7 Å². The van der Waals surface area contributed by atoms with Crippen molar-refractivity contribution in [3.63, 3.8) is 0 Å². The molecule has 0 atom stereocenters. The maximum absolute atomic E-state index is 13.1. The van der Waals surface area contributed by atoms with Crippen molar-refractivity contribution in [3.05, 3.63) is 91.8 Å². The molecule has 4 rings (SSSR count). The first kappa shape index (κ1) is 24.9. The zero-order chi connectivity index (χ0) is 24.2. The number of anilines is 1. The van der Waals surface area contributed by atoms with Gasteiger partial charge in [-0.3, -0.25) is 9.69 Å². The van der Waals surface area contributed by atoms with Gasteiger partial charge in [-0.2, -0.15) is 0 Å². The second-order valence-electron chi connectivity index (χ2n) is 7.16. The molecule has 1 saturated heterocycles. The van der Waals surface area contributed by atoms with E-state index in [2.05, 4.69) is 0 Å². The van der Waals surface area contributed by atoms with Gasteiger partial charge in [0.05, 0.1) is 17.2 Å². The first-order valence-electron chi connectivity index (χ1n) is 10.2. The topological polar surface area (TPSA) is 38.8 Å². The zero-order valence-corrected chi connectivity index (χ0v) is 21.8. The van der Waals surface area contributed by atoms with Crippen LogP contribution in [0.4, 0.5) is 5.69 Å². The molecule has 1 fully saturated rings. The number of nitrogens with zero attached hydrogens (tertiary/aromatic N) is 1. The van der Waals surface area contributed by atoms with E-state index >= 15 is 0 Å².